The van der Waals surface area contributed by atoms with Crippen LogP contribution in [0.2, 0.25) is 0 Å². The Balaban J connectivity index is 0.000000426. The lowest BCUT2D eigenvalue weighted by Gasteiger charge is -2.20. The molecule has 0 spiro atoms. The van der Waals surface area contributed by atoms with Crippen molar-refractivity contribution in [2.24, 2.45) is 0 Å². The number of fused-ring (bicyclic) bond motifs is 2. The van der Waals surface area contributed by atoms with E-state index in [9.17, 15) is 26.3 Å². The van der Waals surface area contributed by atoms with Gasteiger partial charge in [0, 0.05) is 23.9 Å². The maximum Gasteiger partial charge on any atom is 0.573 e. The number of carbonyl (C=O) groups is 1. The van der Waals surface area contributed by atoms with Crippen LogP contribution in [0.3, 0.4) is 0 Å². The molecule has 2 N–H and O–H groups in total. The molecule has 0 radical (unpaired) electrons. The van der Waals surface area contributed by atoms with Crippen molar-refractivity contribution in [3.8, 4) is 17.0 Å². The van der Waals surface area contributed by atoms with Crippen molar-refractivity contribution in [1.82, 2.24) is 29.3 Å². The van der Waals surface area contributed by atoms with Crippen LogP contribution < -0.4 is 10.1 Å². The molecule has 0 unspecified atom stereocenters. The van der Waals surface area contributed by atoms with E-state index in [2.05, 4.69) is 25.1 Å². The molecule has 4 aromatic rings. The van der Waals surface area contributed by atoms with Crippen LogP contribution in [0.4, 0.5) is 26.3 Å². The van der Waals surface area contributed by atoms with Gasteiger partial charge in [-0.25, -0.2) is 19.3 Å². The maximum atomic E-state index is 13.1. The molecule has 9 nitrogen and oxygen atoms in total. The fourth-order valence-electron chi connectivity index (χ4n) is 4.13. The van der Waals surface area contributed by atoms with Gasteiger partial charge in [-0.3, -0.25) is 0 Å². The average molecular weight is 544 g/mol. The molecule has 0 aliphatic carbocycles. The number of pyridine rings is 1. The number of alkyl halides is 6. The Hall–Kier alpha value is -3.88. The van der Waals surface area contributed by atoms with Gasteiger partial charge < -0.3 is 19.6 Å². The Morgan fingerprint density at radius 2 is 1.68 bits per heavy atom. The number of nitrogens with one attached hydrogen (secondary N) is 1. The first-order valence-corrected chi connectivity index (χ1v) is 11.3. The SMILES string of the molecule is Cc1cn2nc(-c3cc(OC(F)(F)F)c4nc(C5CCNCC5)cn4c3)cc(C)c2n1.O=C(O)C(F)(F)F. The number of imidazole rings is 2. The Morgan fingerprint density at radius 1 is 1.03 bits per heavy atom. The molecule has 5 heterocycles. The monoisotopic (exact) mass is 544 g/mol. The van der Waals surface area contributed by atoms with Crippen molar-refractivity contribution in [2.45, 2.75) is 45.1 Å². The molecule has 5 rings (SSSR count). The summed E-state index contributed by atoms with van der Waals surface area (Å²) in [5.74, 6) is -2.90. The quantitative estimate of drug-likeness (QED) is 0.362. The van der Waals surface area contributed by atoms with Crippen LogP contribution in [0.25, 0.3) is 22.6 Å². The lowest BCUT2D eigenvalue weighted by molar-refractivity contribution is -0.274. The second kappa shape index (κ2) is 10.1. The van der Waals surface area contributed by atoms with Crippen molar-refractivity contribution in [1.29, 1.82) is 0 Å². The van der Waals surface area contributed by atoms with Gasteiger partial charge >= 0.3 is 18.5 Å². The average Bonchev–Trinajstić information content (AvgIpc) is 3.42. The van der Waals surface area contributed by atoms with Crippen molar-refractivity contribution in [2.75, 3.05) is 13.1 Å². The number of piperidine rings is 1. The van der Waals surface area contributed by atoms with Crippen molar-refractivity contribution < 1.29 is 41.0 Å². The highest BCUT2D eigenvalue weighted by Crippen LogP contribution is 2.34. The maximum absolute atomic E-state index is 13.1. The molecule has 0 amide bonds. The van der Waals surface area contributed by atoms with E-state index >= 15 is 0 Å². The van der Waals surface area contributed by atoms with Crippen LogP contribution in [0.15, 0.2) is 30.7 Å². The normalized spacial score (nSPS) is 14.9. The molecule has 4 aromatic heterocycles. The lowest BCUT2D eigenvalue weighted by Crippen LogP contribution is -2.26. The largest absolute Gasteiger partial charge is 0.573 e. The second-order valence-corrected chi connectivity index (χ2v) is 8.73. The van der Waals surface area contributed by atoms with Gasteiger partial charge in [-0.15, -0.1) is 13.2 Å². The van der Waals surface area contributed by atoms with Gasteiger partial charge in [0.2, 0.25) is 0 Å². The Bertz CT molecular complexity index is 1470. The lowest BCUT2D eigenvalue weighted by atomic mass is 9.95. The predicted molar refractivity (Wildman–Crippen MR) is 122 cm³/mol. The smallest absolute Gasteiger partial charge is 0.475 e. The number of nitrogens with zero attached hydrogens (tertiary/aromatic N) is 5. The highest BCUT2D eigenvalue weighted by atomic mass is 19.4. The molecule has 1 saturated heterocycles. The van der Waals surface area contributed by atoms with Crippen molar-refractivity contribution >= 4 is 17.3 Å². The van der Waals surface area contributed by atoms with Crippen molar-refractivity contribution in [3.05, 3.63) is 47.7 Å². The summed E-state index contributed by atoms with van der Waals surface area (Å²) >= 11 is 0. The molecular formula is C23H22F6N6O3. The van der Waals surface area contributed by atoms with Crippen molar-refractivity contribution in [3.63, 3.8) is 0 Å². The van der Waals surface area contributed by atoms with E-state index in [-0.39, 0.29) is 17.3 Å². The summed E-state index contributed by atoms with van der Waals surface area (Å²) in [5.41, 5.74) is 4.33. The number of halogens is 6. The third kappa shape index (κ3) is 6.15. The van der Waals surface area contributed by atoms with E-state index in [1.54, 1.807) is 27.5 Å². The number of hydrogen-bond donors (Lipinski definition) is 2. The first kappa shape index (κ1) is 27.2. The molecule has 1 aliphatic rings. The zero-order chi connectivity index (χ0) is 27.8. The number of aromatic nitrogens is 5. The zero-order valence-corrected chi connectivity index (χ0v) is 20.1. The summed E-state index contributed by atoms with van der Waals surface area (Å²) in [6, 6.07) is 3.16. The fourth-order valence-corrected chi connectivity index (χ4v) is 4.13. The van der Waals surface area contributed by atoms with Gasteiger partial charge in [-0.1, -0.05) is 0 Å². The number of aryl methyl sites for hydroxylation is 2. The Kier molecular flexibility index (Phi) is 7.23. The zero-order valence-electron chi connectivity index (χ0n) is 20.1. The molecule has 38 heavy (non-hydrogen) atoms. The summed E-state index contributed by atoms with van der Waals surface area (Å²) in [6.45, 7) is 5.49. The highest BCUT2D eigenvalue weighted by Gasteiger charge is 2.38. The van der Waals surface area contributed by atoms with Crippen LogP contribution in [0.5, 0.6) is 5.75 Å². The minimum absolute atomic E-state index is 0.144. The van der Waals surface area contributed by atoms with E-state index in [4.69, 9.17) is 9.90 Å². The number of carboxylic acids is 1. The van der Waals surface area contributed by atoms with E-state index < -0.39 is 18.5 Å². The van der Waals surface area contributed by atoms with Crippen LogP contribution >= 0.6 is 0 Å². The standard InChI is InChI=1S/C21H21F3N6O.C2HF3O2/c1-12-7-16(28-30-9-13(2)26-19(12)30)15-8-18(31-21(22,23)24)20-27-17(11-29(20)10-15)14-3-5-25-6-4-14;3-2(4,5)1(6)7/h7-11,14,25H,3-6H2,1-2H3;(H,6,7). The highest BCUT2D eigenvalue weighted by molar-refractivity contribution is 5.73. The molecule has 1 aliphatic heterocycles. The molecule has 0 aromatic carbocycles. The van der Waals surface area contributed by atoms with Gasteiger partial charge in [0.25, 0.3) is 0 Å². The van der Waals surface area contributed by atoms with E-state index in [0.717, 1.165) is 42.9 Å². The molecule has 0 atom stereocenters. The first-order chi connectivity index (χ1) is 17.7. The molecule has 204 valence electrons. The van der Waals surface area contributed by atoms with Gasteiger partial charge in [-0.2, -0.15) is 18.3 Å². The van der Waals surface area contributed by atoms with Gasteiger partial charge in [0.1, 0.15) is 0 Å². The molecule has 0 bridgehead atoms. The summed E-state index contributed by atoms with van der Waals surface area (Å²) in [6.07, 6.45) is -2.80. The number of rotatable bonds is 3. The number of aliphatic carboxylic acids is 1. The number of hydrogen-bond acceptors (Lipinski definition) is 6. The Labute approximate surface area is 211 Å². The second-order valence-electron chi connectivity index (χ2n) is 8.73. The van der Waals surface area contributed by atoms with Crippen LogP contribution in [-0.2, 0) is 4.79 Å². The van der Waals surface area contributed by atoms with E-state index in [0.29, 0.717) is 16.9 Å². The molecule has 1 fully saturated rings. The minimum Gasteiger partial charge on any atom is -0.475 e. The third-order valence-corrected chi connectivity index (χ3v) is 5.79. The van der Waals surface area contributed by atoms with E-state index in [1.807, 2.05) is 19.9 Å². The van der Waals surface area contributed by atoms with Crippen LogP contribution in [0.1, 0.15) is 35.7 Å². The Morgan fingerprint density at radius 3 is 2.29 bits per heavy atom. The number of ether oxygens (including phenoxy) is 1. The minimum atomic E-state index is -5.08. The van der Waals surface area contributed by atoms with Gasteiger partial charge in [0.05, 0.1) is 23.3 Å². The molecule has 0 saturated carbocycles. The summed E-state index contributed by atoms with van der Waals surface area (Å²) in [4.78, 5) is 17.8. The number of carboxylic acid groups (broad SMARTS) is 1. The molecule has 15 heteroatoms. The van der Waals surface area contributed by atoms with Crippen LogP contribution in [-0.4, -0.2) is 60.7 Å². The van der Waals surface area contributed by atoms with Gasteiger partial charge in [0.15, 0.2) is 17.0 Å². The summed E-state index contributed by atoms with van der Waals surface area (Å²) < 4.78 is 78.8. The van der Waals surface area contributed by atoms with Gasteiger partial charge in [-0.05, 0) is 57.5 Å². The first-order valence-electron chi connectivity index (χ1n) is 11.3. The summed E-state index contributed by atoms with van der Waals surface area (Å²) in [7, 11) is 0. The third-order valence-electron chi connectivity index (χ3n) is 5.79. The predicted octanol–water partition coefficient (Wildman–Crippen LogP) is 4.66. The fraction of sp³-hybridized carbons (Fsp3) is 0.391. The van der Waals surface area contributed by atoms with Crippen LogP contribution in [0, 0.1) is 13.8 Å². The summed E-state index contributed by atoms with van der Waals surface area (Å²) in [5, 5.41) is 15.0. The topological polar surface area (TPSA) is 106 Å². The molecular weight excluding hydrogens is 522 g/mol. The van der Waals surface area contributed by atoms with E-state index in [1.165, 1.54) is 6.07 Å².